The molecule has 1 unspecified atom stereocenters. The molecule has 19 heavy (non-hydrogen) atoms. The fraction of sp³-hybridized carbons (Fsp3) is 0.562. The molecule has 0 bridgehead atoms. The number of hydrogen-bond acceptors (Lipinski definition) is 2. The molecule has 0 radical (unpaired) electrons. The van der Waals surface area contributed by atoms with E-state index in [1.165, 1.54) is 38.3 Å². The molecule has 106 valence electrons. The van der Waals surface area contributed by atoms with Crippen LogP contribution in [0, 0.1) is 5.82 Å². The van der Waals surface area contributed by atoms with E-state index in [0.29, 0.717) is 5.56 Å². The molecule has 0 heterocycles. The summed E-state index contributed by atoms with van der Waals surface area (Å²) in [5.74, 6) is -0.376. The molecule has 2 nitrogen and oxygen atoms in total. The molecule has 0 fully saturated rings. The molecule has 0 aliphatic heterocycles. The van der Waals surface area contributed by atoms with E-state index >= 15 is 0 Å². The van der Waals surface area contributed by atoms with E-state index in [1.54, 1.807) is 6.07 Å². The van der Waals surface area contributed by atoms with Gasteiger partial charge < -0.3 is 4.74 Å². The highest BCUT2D eigenvalue weighted by Gasteiger charge is 2.10. The van der Waals surface area contributed by atoms with Crippen LogP contribution in [-0.4, -0.2) is 11.9 Å². The third-order valence-corrected chi connectivity index (χ3v) is 3.13. The van der Waals surface area contributed by atoms with Crippen molar-refractivity contribution < 1.29 is 13.9 Å². The molecule has 1 atom stereocenters. The number of unbranched alkanes of at least 4 members (excludes halogenated alkanes) is 3. The maximum Gasteiger partial charge on any atom is 0.165 e. The zero-order chi connectivity index (χ0) is 14.3. The lowest BCUT2D eigenvalue weighted by molar-refractivity contribution is 0.101. The summed E-state index contributed by atoms with van der Waals surface area (Å²) in [4.78, 5) is 11.1. The van der Waals surface area contributed by atoms with Crippen molar-refractivity contribution >= 4 is 5.78 Å². The molecule has 1 rings (SSSR count). The quantitative estimate of drug-likeness (QED) is 0.500. The Kier molecular flexibility index (Phi) is 6.54. The van der Waals surface area contributed by atoms with Crippen LogP contribution in [0.15, 0.2) is 18.2 Å². The van der Waals surface area contributed by atoms with Crippen molar-refractivity contribution in [2.24, 2.45) is 0 Å². The van der Waals surface area contributed by atoms with Gasteiger partial charge in [-0.25, -0.2) is 4.39 Å². The van der Waals surface area contributed by atoms with Gasteiger partial charge in [0.2, 0.25) is 0 Å². The molecule has 0 N–H and O–H groups in total. The highest BCUT2D eigenvalue weighted by Crippen LogP contribution is 2.21. The Balaban J connectivity index is 2.50. The van der Waals surface area contributed by atoms with Crippen LogP contribution < -0.4 is 4.74 Å². The average molecular weight is 266 g/mol. The number of ether oxygens (including phenoxy) is 1. The molecule has 1 aromatic carbocycles. The molecule has 0 saturated heterocycles. The van der Waals surface area contributed by atoms with Crippen molar-refractivity contribution in [1.29, 1.82) is 0 Å². The molecule has 0 aromatic heterocycles. The maximum absolute atomic E-state index is 13.7. The lowest BCUT2D eigenvalue weighted by Crippen LogP contribution is -2.12. The molecule has 0 spiro atoms. The highest BCUT2D eigenvalue weighted by atomic mass is 19.1. The van der Waals surface area contributed by atoms with Crippen molar-refractivity contribution in [3.63, 3.8) is 0 Å². The number of Topliss-reactive ketones (excluding diaryl/α,β-unsaturated/α-hetero) is 1. The summed E-state index contributed by atoms with van der Waals surface area (Å²) < 4.78 is 19.3. The highest BCUT2D eigenvalue weighted by molar-refractivity contribution is 5.94. The third kappa shape index (κ3) is 5.41. The lowest BCUT2D eigenvalue weighted by Gasteiger charge is -2.15. The molecule has 3 heteroatoms. The van der Waals surface area contributed by atoms with Gasteiger partial charge in [-0.1, -0.05) is 26.2 Å². The first-order valence-corrected chi connectivity index (χ1v) is 7.01. The number of carbonyl (C=O) groups is 1. The largest absolute Gasteiger partial charge is 0.488 e. The van der Waals surface area contributed by atoms with E-state index in [4.69, 9.17) is 4.74 Å². The second-order valence-corrected chi connectivity index (χ2v) is 4.98. The van der Waals surface area contributed by atoms with Gasteiger partial charge in [-0.3, -0.25) is 4.79 Å². The average Bonchev–Trinajstić information content (AvgIpc) is 2.37. The minimum absolute atomic E-state index is 0.00506. The molecular formula is C16H23FO2. The van der Waals surface area contributed by atoms with Crippen LogP contribution in [0.25, 0.3) is 0 Å². The monoisotopic (exact) mass is 266 g/mol. The summed E-state index contributed by atoms with van der Waals surface area (Å²) in [7, 11) is 0. The zero-order valence-electron chi connectivity index (χ0n) is 12.0. The van der Waals surface area contributed by atoms with E-state index in [2.05, 4.69) is 6.92 Å². The normalized spacial score (nSPS) is 12.2. The lowest BCUT2D eigenvalue weighted by atomic mass is 10.1. The van der Waals surface area contributed by atoms with E-state index in [1.807, 2.05) is 6.92 Å². The van der Waals surface area contributed by atoms with Crippen LogP contribution >= 0.6 is 0 Å². The van der Waals surface area contributed by atoms with Gasteiger partial charge in [0.25, 0.3) is 0 Å². The first kappa shape index (κ1) is 15.7. The predicted octanol–water partition coefficient (Wildman–Crippen LogP) is 4.77. The molecule has 0 saturated carbocycles. The molecule has 0 aliphatic rings. The van der Waals surface area contributed by atoms with Crippen LogP contribution in [0.5, 0.6) is 5.75 Å². The fourth-order valence-electron chi connectivity index (χ4n) is 1.95. The molecule has 0 aliphatic carbocycles. The van der Waals surface area contributed by atoms with Crippen molar-refractivity contribution in [1.82, 2.24) is 0 Å². The van der Waals surface area contributed by atoms with Gasteiger partial charge in [-0.15, -0.1) is 0 Å². The van der Waals surface area contributed by atoms with E-state index < -0.39 is 5.82 Å². The van der Waals surface area contributed by atoms with Crippen LogP contribution in [0.4, 0.5) is 4.39 Å². The van der Waals surface area contributed by atoms with Gasteiger partial charge >= 0.3 is 0 Å². The standard InChI is InChI=1S/C16H23FO2/c1-4-5-6-7-8-12(2)19-16-10-9-14(13(3)18)11-15(16)17/h9-12H,4-8H2,1-3H3. The van der Waals surface area contributed by atoms with Gasteiger partial charge in [-0.2, -0.15) is 0 Å². The Morgan fingerprint density at radius 1 is 1.32 bits per heavy atom. The summed E-state index contributed by atoms with van der Waals surface area (Å²) in [5.41, 5.74) is 0.375. The van der Waals surface area contributed by atoms with Crippen LogP contribution in [-0.2, 0) is 0 Å². The Labute approximate surface area is 115 Å². The van der Waals surface area contributed by atoms with Gasteiger partial charge in [-0.05, 0) is 44.9 Å². The second kappa shape index (κ2) is 7.93. The summed E-state index contributed by atoms with van der Waals surface area (Å²) in [6, 6.07) is 4.38. The number of rotatable bonds is 8. The summed E-state index contributed by atoms with van der Waals surface area (Å²) >= 11 is 0. The number of halogens is 1. The Morgan fingerprint density at radius 2 is 2.05 bits per heavy atom. The van der Waals surface area contributed by atoms with E-state index in [-0.39, 0.29) is 17.6 Å². The Morgan fingerprint density at radius 3 is 2.63 bits per heavy atom. The van der Waals surface area contributed by atoms with Gasteiger partial charge in [0.05, 0.1) is 6.10 Å². The minimum Gasteiger partial charge on any atom is -0.488 e. The summed E-state index contributed by atoms with van der Waals surface area (Å²) in [6.45, 7) is 5.54. The minimum atomic E-state index is -0.465. The predicted molar refractivity (Wildman–Crippen MR) is 75.3 cm³/mol. The van der Waals surface area contributed by atoms with Crippen molar-refractivity contribution in [2.45, 2.75) is 59.0 Å². The van der Waals surface area contributed by atoms with E-state index in [9.17, 15) is 9.18 Å². The smallest absolute Gasteiger partial charge is 0.165 e. The van der Waals surface area contributed by atoms with Crippen molar-refractivity contribution in [3.8, 4) is 5.75 Å². The number of ketones is 1. The SMILES string of the molecule is CCCCCCC(C)Oc1ccc(C(C)=O)cc1F. The van der Waals surface area contributed by atoms with Crippen molar-refractivity contribution in [3.05, 3.63) is 29.6 Å². The Bertz CT molecular complexity index is 415. The second-order valence-electron chi connectivity index (χ2n) is 4.98. The maximum atomic E-state index is 13.7. The van der Waals surface area contributed by atoms with Crippen molar-refractivity contribution in [2.75, 3.05) is 0 Å². The number of hydrogen-bond donors (Lipinski definition) is 0. The van der Waals surface area contributed by atoms with Gasteiger partial charge in [0, 0.05) is 5.56 Å². The first-order chi connectivity index (χ1) is 9.04. The Hall–Kier alpha value is -1.38. The summed E-state index contributed by atoms with van der Waals surface area (Å²) in [6.07, 6.45) is 5.64. The summed E-state index contributed by atoms with van der Waals surface area (Å²) in [5, 5.41) is 0. The van der Waals surface area contributed by atoms with Gasteiger partial charge in [0.1, 0.15) is 0 Å². The number of carbonyl (C=O) groups excluding carboxylic acids is 1. The van der Waals surface area contributed by atoms with Crippen LogP contribution in [0.2, 0.25) is 0 Å². The molecular weight excluding hydrogens is 243 g/mol. The topological polar surface area (TPSA) is 26.3 Å². The first-order valence-electron chi connectivity index (χ1n) is 7.01. The van der Waals surface area contributed by atoms with Crippen LogP contribution in [0.1, 0.15) is 63.2 Å². The van der Waals surface area contributed by atoms with Crippen LogP contribution in [0.3, 0.4) is 0 Å². The van der Waals surface area contributed by atoms with Gasteiger partial charge in [0.15, 0.2) is 17.3 Å². The molecule has 1 aromatic rings. The third-order valence-electron chi connectivity index (χ3n) is 3.13. The fourth-order valence-corrected chi connectivity index (χ4v) is 1.95. The van der Waals surface area contributed by atoms with E-state index in [0.717, 1.165) is 12.8 Å². The zero-order valence-corrected chi connectivity index (χ0v) is 12.0. The molecule has 0 amide bonds. The number of benzene rings is 1.